The van der Waals surface area contributed by atoms with Gasteiger partial charge in [-0.15, -0.1) is 0 Å². The van der Waals surface area contributed by atoms with E-state index in [0.29, 0.717) is 19.0 Å². The van der Waals surface area contributed by atoms with E-state index in [2.05, 4.69) is 52.9 Å². The van der Waals surface area contributed by atoms with Crippen molar-refractivity contribution in [2.24, 2.45) is 0 Å². The van der Waals surface area contributed by atoms with Crippen molar-refractivity contribution in [1.29, 1.82) is 0 Å². The van der Waals surface area contributed by atoms with Crippen LogP contribution in [0.1, 0.15) is 57.4 Å². The Hall–Kier alpha value is -1.88. The van der Waals surface area contributed by atoms with Gasteiger partial charge in [-0.25, -0.2) is 0 Å². The maximum absolute atomic E-state index is 12.6. The van der Waals surface area contributed by atoms with Gasteiger partial charge in [0.25, 0.3) is 0 Å². The topological polar surface area (TPSA) is 61.4 Å². The molecule has 0 bridgehead atoms. The van der Waals surface area contributed by atoms with Gasteiger partial charge in [-0.2, -0.15) is 0 Å². The van der Waals surface area contributed by atoms with Gasteiger partial charge in [0.2, 0.25) is 11.8 Å². The Labute approximate surface area is 162 Å². The number of carbonyl (C=O) groups excluding carboxylic acids is 2. The molecule has 2 N–H and O–H groups in total. The molecule has 1 saturated carbocycles. The molecular formula is C22H33N3O2. The highest BCUT2D eigenvalue weighted by atomic mass is 16.2. The van der Waals surface area contributed by atoms with Crippen molar-refractivity contribution < 1.29 is 9.59 Å². The van der Waals surface area contributed by atoms with E-state index in [4.69, 9.17) is 0 Å². The van der Waals surface area contributed by atoms with E-state index in [-0.39, 0.29) is 23.3 Å². The Morgan fingerprint density at radius 1 is 1.07 bits per heavy atom. The molecule has 2 aliphatic rings. The summed E-state index contributed by atoms with van der Waals surface area (Å²) in [6.07, 6.45) is 7.36. The van der Waals surface area contributed by atoms with Crippen molar-refractivity contribution in [2.45, 2.75) is 69.4 Å². The van der Waals surface area contributed by atoms with Crippen molar-refractivity contribution in [3.05, 3.63) is 35.9 Å². The normalized spacial score (nSPS) is 24.7. The molecule has 3 rings (SSSR count). The molecule has 1 aliphatic heterocycles. The van der Waals surface area contributed by atoms with Gasteiger partial charge in [0, 0.05) is 43.9 Å². The molecule has 5 heteroatoms. The number of carbonyl (C=O) groups is 2. The van der Waals surface area contributed by atoms with Crippen LogP contribution in [0.2, 0.25) is 0 Å². The minimum Gasteiger partial charge on any atom is -0.355 e. The van der Waals surface area contributed by atoms with Gasteiger partial charge in [0.15, 0.2) is 0 Å². The van der Waals surface area contributed by atoms with Crippen molar-refractivity contribution >= 4 is 11.8 Å². The quantitative estimate of drug-likeness (QED) is 0.774. The number of benzene rings is 1. The highest BCUT2D eigenvalue weighted by Gasteiger charge is 2.36. The Morgan fingerprint density at radius 2 is 1.74 bits per heavy atom. The molecule has 5 nitrogen and oxygen atoms in total. The number of likely N-dealkylation sites (N-methyl/N-ethyl adjacent to an activating group) is 1. The molecule has 0 aromatic heterocycles. The summed E-state index contributed by atoms with van der Waals surface area (Å²) >= 11 is 0. The second kappa shape index (κ2) is 8.87. The fraction of sp³-hybridized carbons (Fsp3) is 0.636. The summed E-state index contributed by atoms with van der Waals surface area (Å²) < 4.78 is 0. The standard InChI is InChI=1S/C22H33N3O2/c1-17(26)23-15-20-11-10-19(25(20)2)14-21(27)24-16-22(12-6-7-13-22)18-8-4-3-5-9-18/h3-5,8-9,19-20H,6-7,10-16H2,1-2H3,(H,23,26)(H,24,27)/t19-,20+/m0/s1. The fourth-order valence-corrected chi connectivity index (χ4v) is 4.81. The Balaban J connectivity index is 1.51. The van der Waals surface area contributed by atoms with Crippen LogP contribution < -0.4 is 10.6 Å². The lowest BCUT2D eigenvalue weighted by molar-refractivity contribution is -0.122. The summed E-state index contributed by atoms with van der Waals surface area (Å²) in [5.41, 5.74) is 1.46. The largest absolute Gasteiger partial charge is 0.355 e. The van der Waals surface area contributed by atoms with Gasteiger partial charge in [0.05, 0.1) is 0 Å². The molecule has 1 aliphatic carbocycles. The van der Waals surface area contributed by atoms with Crippen LogP contribution in [-0.2, 0) is 15.0 Å². The Kier molecular flexibility index (Phi) is 6.53. The van der Waals surface area contributed by atoms with Crippen LogP contribution >= 0.6 is 0 Å². The van der Waals surface area contributed by atoms with E-state index in [1.54, 1.807) is 6.92 Å². The third-order valence-corrected chi connectivity index (χ3v) is 6.56. The molecule has 0 radical (unpaired) electrons. The lowest BCUT2D eigenvalue weighted by Gasteiger charge is -2.31. The molecule has 2 amide bonds. The minimum absolute atomic E-state index is 0.00682. The van der Waals surface area contributed by atoms with Crippen molar-refractivity contribution in [1.82, 2.24) is 15.5 Å². The monoisotopic (exact) mass is 371 g/mol. The first-order valence-electron chi connectivity index (χ1n) is 10.3. The SMILES string of the molecule is CC(=O)NC[C@H]1CC[C@@H](CC(=O)NCC2(c3ccccc3)CCCC2)N1C. The summed E-state index contributed by atoms with van der Waals surface area (Å²) in [6, 6.07) is 11.2. The molecule has 2 atom stereocenters. The first-order chi connectivity index (χ1) is 13.0. The number of likely N-dealkylation sites (tertiary alicyclic amines) is 1. The molecule has 1 saturated heterocycles. The second-order valence-electron chi connectivity index (χ2n) is 8.32. The Bertz CT molecular complexity index is 640. The highest BCUT2D eigenvalue weighted by Crippen LogP contribution is 2.40. The zero-order chi connectivity index (χ0) is 19.3. The number of amides is 2. The molecule has 0 spiro atoms. The predicted octanol–water partition coefficient (Wildman–Crippen LogP) is 2.60. The maximum atomic E-state index is 12.6. The molecule has 2 fully saturated rings. The lowest BCUT2D eigenvalue weighted by Crippen LogP contribution is -2.43. The van der Waals surface area contributed by atoms with Crippen LogP contribution in [0.25, 0.3) is 0 Å². The van der Waals surface area contributed by atoms with E-state index < -0.39 is 0 Å². The van der Waals surface area contributed by atoms with Gasteiger partial charge in [-0.05, 0) is 38.3 Å². The lowest BCUT2D eigenvalue weighted by atomic mass is 9.79. The summed E-state index contributed by atoms with van der Waals surface area (Å²) in [5, 5.41) is 6.14. The fourth-order valence-electron chi connectivity index (χ4n) is 4.81. The molecule has 27 heavy (non-hydrogen) atoms. The zero-order valence-electron chi connectivity index (χ0n) is 16.7. The van der Waals surface area contributed by atoms with Crippen LogP contribution in [0.3, 0.4) is 0 Å². The van der Waals surface area contributed by atoms with Gasteiger partial charge < -0.3 is 10.6 Å². The van der Waals surface area contributed by atoms with Crippen LogP contribution in [0.4, 0.5) is 0 Å². The van der Waals surface area contributed by atoms with E-state index >= 15 is 0 Å². The molecule has 1 aromatic carbocycles. The number of hydrogen-bond donors (Lipinski definition) is 2. The van der Waals surface area contributed by atoms with Gasteiger partial charge in [0.1, 0.15) is 0 Å². The van der Waals surface area contributed by atoms with Crippen LogP contribution in [0.15, 0.2) is 30.3 Å². The Morgan fingerprint density at radius 3 is 2.41 bits per heavy atom. The zero-order valence-corrected chi connectivity index (χ0v) is 16.7. The van der Waals surface area contributed by atoms with Gasteiger partial charge >= 0.3 is 0 Å². The molecule has 1 heterocycles. The van der Waals surface area contributed by atoms with Crippen molar-refractivity contribution in [3.63, 3.8) is 0 Å². The van der Waals surface area contributed by atoms with E-state index in [1.165, 1.54) is 18.4 Å². The van der Waals surface area contributed by atoms with Crippen molar-refractivity contribution in [3.8, 4) is 0 Å². The predicted molar refractivity (Wildman–Crippen MR) is 107 cm³/mol. The van der Waals surface area contributed by atoms with Gasteiger partial charge in [-0.1, -0.05) is 43.2 Å². The number of hydrogen-bond acceptors (Lipinski definition) is 3. The molecular weight excluding hydrogens is 338 g/mol. The third kappa shape index (κ3) is 4.89. The second-order valence-corrected chi connectivity index (χ2v) is 8.32. The first-order valence-corrected chi connectivity index (χ1v) is 10.3. The van der Waals surface area contributed by atoms with Gasteiger partial charge in [-0.3, -0.25) is 14.5 Å². The van der Waals surface area contributed by atoms with E-state index in [0.717, 1.165) is 32.2 Å². The average Bonchev–Trinajstić information content (AvgIpc) is 3.28. The highest BCUT2D eigenvalue weighted by molar-refractivity contribution is 5.76. The number of nitrogens with one attached hydrogen (secondary N) is 2. The molecule has 148 valence electrons. The van der Waals surface area contributed by atoms with E-state index in [9.17, 15) is 9.59 Å². The molecule has 0 unspecified atom stereocenters. The first kappa shape index (κ1) is 19.9. The summed E-state index contributed by atoms with van der Waals surface area (Å²) in [6.45, 7) is 2.95. The third-order valence-electron chi connectivity index (χ3n) is 6.56. The van der Waals surface area contributed by atoms with E-state index in [1.807, 2.05) is 0 Å². The molecule has 1 aromatic rings. The average molecular weight is 372 g/mol. The summed E-state index contributed by atoms with van der Waals surface area (Å²) in [4.78, 5) is 26.0. The smallest absolute Gasteiger partial charge is 0.221 e. The maximum Gasteiger partial charge on any atom is 0.221 e. The van der Waals surface area contributed by atoms with Crippen molar-refractivity contribution in [2.75, 3.05) is 20.1 Å². The van der Waals surface area contributed by atoms with Crippen LogP contribution in [-0.4, -0.2) is 48.9 Å². The van der Waals surface area contributed by atoms with Crippen LogP contribution in [0, 0.1) is 0 Å². The van der Waals surface area contributed by atoms with Crippen LogP contribution in [0.5, 0.6) is 0 Å². The minimum atomic E-state index is 0.00682. The number of nitrogens with zero attached hydrogens (tertiary/aromatic N) is 1. The summed E-state index contributed by atoms with van der Waals surface area (Å²) in [7, 11) is 2.07. The number of rotatable bonds is 7. The summed E-state index contributed by atoms with van der Waals surface area (Å²) in [5.74, 6) is 0.154.